The smallest absolute Gasteiger partial charge is 0.223 e. The van der Waals surface area contributed by atoms with E-state index in [0.29, 0.717) is 30.7 Å². The van der Waals surface area contributed by atoms with E-state index in [2.05, 4.69) is 47.2 Å². The van der Waals surface area contributed by atoms with E-state index in [1.54, 1.807) is 0 Å². The van der Waals surface area contributed by atoms with Crippen LogP contribution in [0.5, 0.6) is 0 Å². The second-order valence-corrected chi connectivity index (χ2v) is 7.53. The summed E-state index contributed by atoms with van der Waals surface area (Å²) < 4.78 is 5.58. The van der Waals surface area contributed by atoms with Crippen LogP contribution in [0, 0.1) is 18.8 Å². The van der Waals surface area contributed by atoms with Crippen molar-refractivity contribution in [2.75, 3.05) is 26.7 Å². The summed E-state index contributed by atoms with van der Waals surface area (Å²) in [6.45, 7) is 4.79. The van der Waals surface area contributed by atoms with Gasteiger partial charge >= 0.3 is 0 Å². The molecular formula is C21H26N2O2. The van der Waals surface area contributed by atoms with Crippen LogP contribution in [0.25, 0.3) is 0 Å². The fraction of sp³-hybridized carbons (Fsp3) is 0.476. The first-order valence-electron chi connectivity index (χ1n) is 9.20. The van der Waals surface area contributed by atoms with Crippen LogP contribution in [0.1, 0.15) is 29.5 Å². The van der Waals surface area contributed by atoms with Gasteiger partial charge in [-0.3, -0.25) is 9.69 Å². The Morgan fingerprint density at radius 2 is 1.92 bits per heavy atom. The zero-order valence-electron chi connectivity index (χ0n) is 15.0. The molecule has 4 rings (SSSR count). The number of rotatable bonds is 4. The van der Waals surface area contributed by atoms with Crippen molar-refractivity contribution in [2.24, 2.45) is 11.8 Å². The fourth-order valence-corrected chi connectivity index (χ4v) is 4.62. The molecule has 0 spiro atoms. The van der Waals surface area contributed by atoms with Crippen LogP contribution in [0.3, 0.4) is 0 Å². The van der Waals surface area contributed by atoms with Gasteiger partial charge in [-0.15, -0.1) is 0 Å². The molecule has 0 aliphatic carbocycles. The van der Waals surface area contributed by atoms with Gasteiger partial charge in [0.1, 0.15) is 11.5 Å². The first-order valence-corrected chi connectivity index (χ1v) is 9.20. The second kappa shape index (κ2) is 6.68. The maximum Gasteiger partial charge on any atom is 0.223 e. The summed E-state index contributed by atoms with van der Waals surface area (Å²) in [5.41, 5.74) is 1.37. The number of likely N-dealkylation sites (tertiary alicyclic amines) is 2. The van der Waals surface area contributed by atoms with Crippen molar-refractivity contribution in [3.8, 4) is 0 Å². The van der Waals surface area contributed by atoms with Crippen molar-refractivity contribution in [1.29, 1.82) is 0 Å². The lowest BCUT2D eigenvalue weighted by Crippen LogP contribution is -2.33. The number of carbonyl (C=O) groups is 1. The van der Waals surface area contributed by atoms with Gasteiger partial charge in [-0.1, -0.05) is 30.3 Å². The highest BCUT2D eigenvalue weighted by atomic mass is 16.3. The van der Waals surface area contributed by atoms with Gasteiger partial charge in [-0.2, -0.15) is 0 Å². The van der Waals surface area contributed by atoms with E-state index in [9.17, 15) is 4.79 Å². The minimum atomic E-state index is 0.262. The summed E-state index contributed by atoms with van der Waals surface area (Å²) in [5.74, 6) is 3.21. The molecule has 2 aromatic rings. The molecule has 0 radical (unpaired) electrons. The number of furan rings is 1. The maximum absolute atomic E-state index is 12.7. The van der Waals surface area contributed by atoms with Crippen LogP contribution in [-0.4, -0.2) is 42.4 Å². The van der Waals surface area contributed by atoms with Crippen molar-refractivity contribution in [3.63, 3.8) is 0 Å². The molecule has 2 fully saturated rings. The fourth-order valence-electron chi connectivity index (χ4n) is 4.62. The molecule has 2 aliphatic heterocycles. The maximum atomic E-state index is 12.7. The zero-order valence-corrected chi connectivity index (χ0v) is 15.0. The van der Waals surface area contributed by atoms with Crippen molar-refractivity contribution < 1.29 is 9.21 Å². The third kappa shape index (κ3) is 3.23. The lowest BCUT2D eigenvalue weighted by atomic mass is 9.90. The molecule has 0 bridgehead atoms. The zero-order chi connectivity index (χ0) is 17.4. The Hall–Kier alpha value is -2.07. The number of aryl methyl sites for hydroxylation is 2. The minimum Gasteiger partial charge on any atom is -0.466 e. The summed E-state index contributed by atoms with van der Waals surface area (Å²) in [6.07, 6.45) is 1.23. The van der Waals surface area contributed by atoms with Crippen molar-refractivity contribution in [3.05, 3.63) is 59.5 Å². The highest BCUT2D eigenvalue weighted by molar-refractivity contribution is 5.76. The molecule has 2 aliphatic rings. The van der Waals surface area contributed by atoms with E-state index in [0.717, 1.165) is 31.2 Å². The van der Waals surface area contributed by atoms with Crippen LogP contribution < -0.4 is 0 Å². The van der Waals surface area contributed by atoms with Crippen molar-refractivity contribution in [2.45, 2.75) is 25.8 Å². The Labute approximate surface area is 149 Å². The van der Waals surface area contributed by atoms with Crippen molar-refractivity contribution >= 4 is 5.91 Å². The Balaban J connectivity index is 1.40. The number of carbonyl (C=O) groups excluding carboxylic acids is 1. The van der Waals surface area contributed by atoms with Gasteiger partial charge in [0, 0.05) is 44.4 Å². The quantitative estimate of drug-likeness (QED) is 0.858. The second-order valence-electron chi connectivity index (χ2n) is 7.53. The van der Waals surface area contributed by atoms with Gasteiger partial charge < -0.3 is 9.32 Å². The summed E-state index contributed by atoms with van der Waals surface area (Å²) in [6, 6.07) is 15.1. The number of amides is 1. The predicted molar refractivity (Wildman–Crippen MR) is 97.1 cm³/mol. The van der Waals surface area contributed by atoms with E-state index in [4.69, 9.17) is 4.42 Å². The standard InChI is InChI=1S/C21H26N2O2/c1-15-8-9-18(25-15)10-11-20(24)23-13-17-12-22(2)21(19(17)14-23)16-6-4-3-5-7-16/h3-9,17,19,21H,10-14H2,1-2H3. The summed E-state index contributed by atoms with van der Waals surface area (Å²) in [4.78, 5) is 17.2. The Kier molecular flexibility index (Phi) is 4.38. The number of nitrogens with zero attached hydrogens (tertiary/aromatic N) is 2. The van der Waals surface area contributed by atoms with Gasteiger partial charge in [0.15, 0.2) is 0 Å². The number of fused-ring (bicyclic) bond motifs is 1. The average molecular weight is 338 g/mol. The van der Waals surface area contributed by atoms with Crippen LogP contribution in [-0.2, 0) is 11.2 Å². The van der Waals surface area contributed by atoms with E-state index in [1.165, 1.54) is 5.56 Å². The van der Waals surface area contributed by atoms with Gasteiger partial charge in [-0.25, -0.2) is 0 Å². The molecule has 1 aromatic heterocycles. The molecule has 1 aromatic carbocycles. The number of benzene rings is 1. The van der Waals surface area contributed by atoms with Gasteiger partial charge in [0.2, 0.25) is 5.91 Å². The predicted octanol–water partition coefficient (Wildman–Crippen LogP) is 3.28. The van der Waals surface area contributed by atoms with Crippen LogP contribution in [0.4, 0.5) is 0 Å². The van der Waals surface area contributed by atoms with Gasteiger partial charge in [-0.05, 0) is 37.6 Å². The Bertz CT molecular complexity index is 739. The van der Waals surface area contributed by atoms with E-state index in [1.807, 2.05) is 19.1 Å². The number of hydrogen-bond acceptors (Lipinski definition) is 3. The van der Waals surface area contributed by atoms with E-state index < -0.39 is 0 Å². The molecule has 3 atom stereocenters. The third-order valence-electron chi connectivity index (χ3n) is 5.77. The molecule has 132 valence electrons. The largest absolute Gasteiger partial charge is 0.466 e. The topological polar surface area (TPSA) is 36.7 Å². The molecule has 0 saturated carbocycles. The molecule has 2 saturated heterocycles. The van der Waals surface area contributed by atoms with E-state index in [-0.39, 0.29) is 5.91 Å². The lowest BCUT2D eigenvalue weighted by Gasteiger charge is -2.27. The van der Waals surface area contributed by atoms with Crippen molar-refractivity contribution in [1.82, 2.24) is 9.80 Å². The first kappa shape index (κ1) is 16.4. The molecule has 1 amide bonds. The minimum absolute atomic E-state index is 0.262. The normalized spacial score (nSPS) is 26.2. The van der Waals surface area contributed by atoms with Gasteiger partial charge in [0.05, 0.1) is 0 Å². The van der Waals surface area contributed by atoms with E-state index >= 15 is 0 Å². The summed E-state index contributed by atoms with van der Waals surface area (Å²) in [7, 11) is 2.21. The summed E-state index contributed by atoms with van der Waals surface area (Å²) >= 11 is 0. The van der Waals surface area contributed by atoms with Gasteiger partial charge in [0.25, 0.3) is 0 Å². The number of hydrogen-bond donors (Lipinski definition) is 0. The lowest BCUT2D eigenvalue weighted by molar-refractivity contribution is -0.130. The molecular weight excluding hydrogens is 312 g/mol. The SMILES string of the molecule is Cc1ccc(CCC(=O)N2CC3CN(C)C(c4ccccc4)C3C2)o1. The molecule has 25 heavy (non-hydrogen) atoms. The van der Waals surface area contributed by atoms with Crippen LogP contribution in [0.15, 0.2) is 46.9 Å². The monoisotopic (exact) mass is 338 g/mol. The molecule has 0 N–H and O–H groups in total. The summed E-state index contributed by atoms with van der Waals surface area (Å²) in [5, 5.41) is 0. The highest BCUT2D eigenvalue weighted by Gasteiger charge is 2.46. The highest BCUT2D eigenvalue weighted by Crippen LogP contribution is 2.44. The van der Waals surface area contributed by atoms with Crippen LogP contribution in [0.2, 0.25) is 0 Å². The third-order valence-corrected chi connectivity index (χ3v) is 5.77. The Morgan fingerprint density at radius 3 is 2.64 bits per heavy atom. The average Bonchev–Trinajstić information content (AvgIpc) is 3.27. The van der Waals surface area contributed by atoms with Crippen LogP contribution >= 0.6 is 0 Å². The Morgan fingerprint density at radius 1 is 1.12 bits per heavy atom. The molecule has 4 nitrogen and oxygen atoms in total. The molecule has 3 heterocycles. The first-order chi connectivity index (χ1) is 12.1. The molecule has 3 unspecified atom stereocenters. The molecule has 4 heteroatoms.